The van der Waals surface area contributed by atoms with Gasteiger partial charge < -0.3 is 5.32 Å². The van der Waals surface area contributed by atoms with Crippen molar-refractivity contribution in [1.29, 1.82) is 0 Å². The van der Waals surface area contributed by atoms with Crippen LogP contribution in [-0.2, 0) is 4.79 Å². The molecule has 6 heteroatoms. The lowest BCUT2D eigenvalue weighted by atomic mass is 9.88. The fourth-order valence-electron chi connectivity index (χ4n) is 3.90. The van der Waals surface area contributed by atoms with Crippen LogP contribution >= 0.6 is 11.6 Å². The number of nitrogens with zero attached hydrogens (tertiary/aromatic N) is 2. The van der Waals surface area contributed by atoms with Crippen LogP contribution < -0.4 is 10.9 Å². The highest BCUT2D eigenvalue weighted by molar-refractivity contribution is 6.33. The van der Waals surface area contributed by atoms with Gasteiger partial charge >= 0.3 is 0 Å². The van der Waals surface area contributed by atoms with Gasteiger partial charge in [-0.05, 0) is 50.1 Å². The van der Waals surface area contributed by atoms with Gasteiger partial charge in [0.15, 0.2) is 0 Å². The number of nitrogens with one attached hydrogen (secondary N) is 1. The third kappa shape index (κ3) is 3.54. The molecule has 0 atom stereocenters. The molecule has 0 saturated heterocycles. The first-order chi connectivity index (χ1) is 13.5. The van der Waals surface area contributed by atoms with Gasteiger partial charge in [-0.3, -0.25) is 14.2 Å². The second-order valence-corrected chi connectivity index (χ2v) is 7.71. The molecule has 1 saturated carbocycles. The number of amides is 1. The molecule has 1 aliphatic rings. The van der Waals surface area contributed by atoms with Crippen LogP contribution in [0.3, 0.4) is 0 Å². The second kappa shape index (κ2) is 7.76. The van der Waals surface area contributed by atoms with Gasteiger partial charge in [0.2, 0.25) is 5.91 Å². The van der Waals surface area contributed by atoms with Gasteiger partial charge in [-0.1, -0.05) is 43.0 Å². The van der Waals surface area contributed by atoms with E-state index < -0.39 is 0 Å². The molecule has 0 unspecified atom stereocenters. The van der Waals surface area contributed by atoms with E-state index in [2.05, 4.69) is 10.3 Å². The number of anilines is 1. The van der Waals surface area contributed by atoms with E-state index in [4.69, 9.17) is 11.6 Å². The van der Waals surface area contributed by atoms with Crippen molar-refractivity contribution < 1.29 is 4.79 Å². The second-order valence-electron chi connectivity index (χ2n) is 7.31. The maximum Gasteiger partial charge on any atom is 0.265 e. The van der Waals surface area contributed by atoms with Gasteiger partial charge in [-0.2, -0.15) is 0 Å². The Kier molecular flexibility index (Phi) is 5.18. The quantitative estimate of drug-likeness (QED) is 0.688. The number of fused-ring (bicyclic) bond motifs is 1. The van der Waals surface area contributed by atoms with Crippen molar-refractivity contribution >= 4 is 34.1 Å². The van der Waals surface area contributed by atoms with Gasteiger partial charge in [-0.25, -0.2) is 4.98 Å². The molecule has 1 amide bonds. The minimum atomic E-state index is -0.144. The average Bonchev–Trinajstić information content (AvgIpc) is 2.71. The minimum Gasteiger partial charge on any atom is -0.324 e. The van der Waals surface area contributed by atoms with Crippen LogP contribution in [0.1, 0.15) is 37.9 Å². The maximum atomic E-state index is 13.0. The fraction of sp³-hybridized carbons (Fsp3) is 0.318. The molecule has 1 aromatic heterocycles. The van der Waals surface area contributed by atoms with Crippen LogP contribution in [0.5, 0.6) is 0 Å². The molecule has 3 aromatic rings. The number of carbonyl (C=O) groups is 1. The first-order valence-electron chi connectivity index (χ1n) is 9.64. The van der Waals surface area contributed by atoms with Crippen LogP contribution in [0.25, 0.3) is 16.6 Å². The summed E-state index contributed by atoms with van der Waals surface area (Å²) in [6, 6.07) is 12.5. The molecule has 0 radical (unpaired) electrons. The largest absolute Gasteiger partial charge is 0.324 e. The molecule has 1 fully saturated rings. The number of aryl methyl sites for hydroxylation is 1. The maximum absolute atomic E-state index is 13.0. The van der Waals surface area contributed by atoms with E-state index in [0.717, 1.165) is 25.7 Å². The molecular weight excluding hydrogens is 374 g/mol. The van der Waals surface area contributed by atoms with Crippen LogP contribution in [0.2, 0.25) is 5.02 Å². The van der Waals surface area contributed by atoms with E-state index in [0.29, 0.717) is 33.1 Å². The number of hydrogen-bond acceptors (Lipinski definition) is 3. The van der Waals surface area contributed by atoms with Gasteiger partial charge in [0.05, 0.1) is 27.3 Å². The summed E-state index contributed by atoms with van der Waals surface area (Å²) in [5.41, 5.74) is 1.68. The topological polar surface area (TPSA) is 64.0 Å². The Hall–Kier alpha value is -2.66. The van der Waals surface area contributed by atoms with Crippen molar-refractivity contribution in [3.63, 3.8) is 0 Å². The van der Waals surface area contributed by atoms with Gasteiger partial charge in [0.1, 0.15) is 5.82 Å². The Morgan fingerprint density at radius 2 is 1.89 bits per heavy atom. The predicted molar refractivity (Wildman–Crippen MR) is 112 cm³/mol. The van der Waals surface area contributed by atoms with Crippen LogP contribution in [0.4, 0.5) is 5.69 Å². The van der Waals surface area contributed by atoms with Gasteiger partial charge in [0, 0.05) is 5.92 Å². The smallest absolute Gasteiger partial charge is 0.265 e. The lowest BCUT2D eigenvalue weighted by Gasteiger charge is -2.21. The highest BCUT2D eigenvalue weighted by Gasteiger charge is 2.22. The van der Waals surface area contributed by atoms with Crippen LogP contribution in [0.15, 0.2) is 47.3 Å². The average molecular weight is 396 g/mol. The van der Waals surface area contributed by atoms with Gasteiger partial charge in [0.25, 0.3) is 5.56 Å². The number of aromatic nitrogens is 2. The Labute approximate surface area is 168 Å². The lowest BCUT2D eigenvalue weighted by Crippen LogP contribution is -2.25. The van der Waals surface area contributed by atoms with Crippen molar-refractivity contribution in [2.75, 3.05) is 5.32 Å². The zero-order chi connectivity index (χ0) is 19.7. The molecule has 1 aliphatic carbocycles. The third-order valence-corrected chi connectivity index (χ3v) is 5.71. The summed E-state index contributed by atoms with van der Waals surface area (Å²) in [5, 5.41) is 3.96. The van der Waals surface area contributed by atoms with Crippen molar-refractivity contribution in [2.24, 2.45) is 5.92 Å². The number of para-hydroxylation sites is 1. The number of rotatable bonds is 3. The summed E-state index contributed by atoms with van der Waals surface area (Å²) in [6.45, 7) is 1.79. The van der Waals surface area contributed by atoms with Crippen molar-refractivity contribution in [2.45, 2.75) is 39.0 Å². The first-order valence-corrected chi connectivity index (χ1v) is 10.0. The molecule has 0 aliphatic heterocycles. The molecule has 1 N–H and O–H groups in total. The highest BCUT2D eigenvalue weighted by atomic mass is 35.5. The Morgan fingerprint density at radius 1 is 1.14 bits per heavy atom. The molecule has 0 spiro atoms. The monoisotopic (exact) mass is 395 g/mol. The lowest BCUT2D eigenvalue weighted by molar-refractivity contribution is -0.120. The summed E-state index contributed by atoms with van der Waals surface area (Å²) >= 11 is 6.32. The predicted octanol–water partition coefficient (Wildman–Crippen LogP) is 4.87. The van der Waals surface area contributed by atoms with E-state index in [9.17, 15) is 9.59 Å². The first kappa shape index (κ1) is 18.7. The molecule has 1 heterocycles. The normalized spacial score (nSPS) is 14.9. The molecule has 2 aromatic carbocycles. The molecular formula is C22H22ClN3O2. The fourth-order valence-corrected chi connectivity index (χ4v) is 4.06. The Bertz CT molecular complexity index is 1100. The highest BCUT2D eigenvalue weighted by Crippen LogP contribution is 2.29. The number of hydrogen-bond donors (Lipinski definition) is 1. The molecule has 0 bridgehead atoms. The summed E-state index contributed by atoms with van der Waals surface area (Å²) in [6.07, 6.45) is 5.19. The molecule has 5 nitrogen and oxygen atoms in total. The van der Waals surface area contributed by atoms with Crippen molar-refractivity contribution in [3.8, 4) is 5.69 Å². The number of carbonyl (C=O) groups excluding carboxylic acids is 1. The van der Waals surface area contributed by atoms with E-state index in [1.807, 2.05) is 18.2 Å². The Balaban J connectivity index is 1.72. The minimum absolute atomic E-state index is 0.000504. The zero-order valence-electron chi connectivity index (χ0n) is 15.7. The zero-order valence-corrected chi connectivity index (χ0v) is 16.5. The SMILES string of the molecule is Cc1nc2ccccc2c(=O)n1-c1ccc(Cl)c(NC(=O)C2CCCCC2)c1. The van der Waals surface area contributed by atoms with E-state index in [1.165, 1.54) is 6.42 Å². The van der Waals surface area contributed by atoms with E-state index in [1.54, 1.807) is 35.8 Å². The van der Waals surface area contributed by atoms with Crippen LogP contribution in [0, 0.1) is 12.8 Å². The van der Waals surface area contributed by atoms with Crippen molar-refractivity contribution in [1.82, 2.24) is 9.55 Å². The molecule has 28 heavy (non-hydrogen) atoms. The number of halogens is 1. The summed E-state index contributed by atoms with van der Waals surface area (Å²) in [4.78, 5) is 30.2. The number of benzene rings is 2. The van der Waals surface area contributed by atoms with Crippen molar-refractivity contribution in [3.05, 3.63) is 63.7 Å². The van der Waals surface area contributed by atoms with Crippen LogP contribution in [-0.4, -0.2) is 15.5 Å². The molecule has 4 rings (SSSR count). The summed E-state index contributed by atoms with van der Waals surface area (Å²) in [7, 11) is 0. The standard InChI is InChI=1S/C22H22ClN3O2/c1-14-24-19-10-6-5-9-17(19)22(28)26(14)16-11-12-18(23)20(13-16)25-21(27)15-7-3-2-4-8-15/h5-6,9-13,15H,2-4,7-8H2,1H3,(H,25,27). The third-order valence-electron chi connectivity index (χ3n) is 5.39. The molecule has 144 valence electrons. The summed E-state index contributed by atoms with van der Waals surface area (Å²) in [5.74, 6) is 0.607. The Morgan fingerprint density at radius 3 is 2.68 bits per heavy atom. The summed E-state index contributed by atoms with van der Waals surface area (Å²) < 4.78 is 1.55. The van der Waals surface area contributed by atoms with Gasteiger partial charge in [-0.15, -0.1) is 0 Å². The van der Waals surface area contributed by atoms with E-state index in [-0.39, 0.29) is 17.4 Å². The van der Waals surface area contributed by atoms with E-state index >= 15 is 0 Å².